The van der Waals surface area contributed by atoms with Crippen LogP contribution in [0, 0.1) is 0 Å². The Hall–Kier alpha value is -0.990. The highest BCUT2D eigenvalue weighted by molar-refractivity contribution is 9.09. The van der Waals surface area contributed by atoms with Crippen molar-refractivity contribution in [3.8, 4) is 0 Å². The molecule has 18 heavy (non-hydrogen) atoms. The van der Waals surface area contributed by atoms with Crippen molar-refractivity contribution in [3.05, 3.63) is 0 Å². The number of hydroxylamine groups is 2. The summed E-state index contributed by atoms with van der Waals surface area (Å²) in [5.74, 6) is -0.762. The summed E-state index contributed by atoms with van der Waals surface area (Å²) in [6, 6.07) is 0. The van der Waals surface area contributed by atoms with Gasteiger partial charge < -0.3 is 10.1 Å². The molecule has 2 aliphatic heterocycles. The summed E-state index contributed by atoms with van der Waals surface area (Å²) < 4.78 is 5.16. The van der Waals surface area contributed by atoms with E-state index < -0.39 is 6.29 Å². The molecule has 0 bridgehead atoms. The topological polar surface area (TPSA) is 88.2 Å². The van der Waals surface area contributed by atoms with Crippen molar-refractivity contribution in [2.75, 3.05) is 11.9 Å². The number of rotatable bonds is 6. The molecule has 0 aromatic carbocycles. The molecule has 100 valence electrons. The first-order valence-electron chi connectivity index (χ1n) is 5.62. The Balaban J connectivity index is 1.64. The molecule has 0 aliphatic carbocycles. The fraction of sp³-hybridized carbons (Fsp3) is 0.700. The van der Waals surface area contributed by atoms with E-state index in [1.807, 2.05) is 0 Å². The van der Waals surface area contributed by atoms with E-state index in [0.717, 1.165) is 5.06 Å². The lowest BCUT2D eigenvalue weighted by Crippen LogP contribution is -2.31. The Kier molecular flexibility index (Phi) is 4.31. The van der Waals surface area contributed by atoms with Crippen LogP contribution in [0.2, 0.25) is 0 Å². The molecule has 8 heteroatoms. The highest BCUT2D eigenvalue weighted by Crippen LogP contribution is 2.28. The van der Waals surface area contributed by atoms with Gasteiger partial charge in [-0.1, -0.05) is 15.9 Å². The van der Waals surface area contributed by atoms with Crippen LogP contribution in [0.5, 0.6) is 0 Å². The molecule has 7 nitrogen and oxygen atoms in total. The predicted octanol–water partition coefficient (Wildman–Crippen LogP) is -0.307. The summed E-state index contributed by atoms with van der Waals surface area (Å²) in [5, 5.41) is 3.71. The number of nitrogens with zero attached hydrogens (tertiary/aromatic N) is 1. The summed E-state index contributed by atoms with van der Waals surface area (Å²) in [7, 11) is 0. The summed E-state index contributed by atoms with van der Waals surface area (Å²) in [6.07, 6.45) is 0.230. The molecule has 1 N–H and O–H groups in total. The van der Waals surface area contributed by atoms with E-state index >= 15 is 0 Å². The minimum Gasteiger partial charge on any atom is -0.355 e. The van der Waals surface area contributed by atoms with Gasteiger partial charge >= 0.3 is 0 Å². The van der Waals surface area contributed by atoms with E-state index in [2.05, 4.69) is 21.2 Å². The second kappa shape index (κ2) is 5.77. The summed E-state index contributed by atoms with van der Waals surface area (Å²) in [6.45, 7) is 0.469. The third-order valence-corrected chi connectivity index (χ3v) is 3.13. The number of carbonyl (C=O) groups excluding carboxylic acids is 3. The highest BCUT2D eigenvalue weighted by atomic mass is 79.9. The number of halogens is 1. The van der Waals surface area contributed by atoms with E-state index in [-0.39, 0.29) is 42.0 Å². The van der Waals surface area contributed by atoms with Crippen molar-refractivity contribution in [2.45, 2.75) is 31.7 Å². The van der Waals surface area contributed by atoms with Gasteiger partial charge in [0, 0.05) is 19.4 Å². The number of carbonyl (C=O) groups is 3. The van der Waals surface area contributed by atoms with E-state index in [0.29, 0.717) is 13.0 Å². The third-order valence-electron chi connectivity index (χ3n) is 2.62. The van der Waals surface area contributed by atoms with E-state index in [1.165, 1.54) is 0 Å². The SMILES string of the molecule is O=C(CBr)NCCC1OC1ON1C(=O)CCC1=O. The van der Waals surface area contributed by atoms with Crippen molar-refractivity contribution in [2.24, 2.45) is 0 Å². The maximum atomic E-state index is 11.3. The van der Waals surface area contributed by atoms with E-state index in [1.54, 1.807) is 0 Å². The van der Waals surface area contributed by atoms with Crippen LogP contribution in [-0.2, 0) is 24.0 Å². The Bertz CT molecular complexity index is 359. The van der Waals surface area contributed by atoms with Crippen molar-refractivity contribution >= 4 is 33.7 Å². The molecule has 0 radical (unpaired) electrons. The first-order chi connectivity index (χ1) is 8.61. The highest BCUT2D eigenvalue weighted by Gasteiger charge is 2.45. The van der Waals surface area contributed by atoms with Gasteiger partial charge in [0.1, 0.15) is 6.10 Å². The number of hydrogen-bond donors (Lipinski definition) is 1. The molecular formula is C10H13BrN2O5. The van der Waals surface area contributed by atoms with Crippen LogP contribution >= 0.6 is 15.9 Å². The largest absolute Gasteiger partial charge is 0.355 e. The maximum absolute atomic E-state index is 11.3. The molecule has 0 spiro atoms. The molecule has 0 aromatic rings. The summed E-state index contributed by atoms with van der Waals surface area (Å²) >= 11 is 3.03. The monoisotopic (exact) mass is 320 g/mol. The lowest BCUT2D eigenvalue weighted by Gasteiger charge is -2.10. The zero-order chi connectivity index (χ0) is 13.1. The zero-order valence-electron chi connectivity index (χ0n) is 9.56. The molecule has 2 rings (SSSR count). The lowest BCUT2D eigenvalue weighted by molar-refractivity contribution is -0.201. The van der Waals surface area contributed by atoms with Gasteiger partial charge in [0.25, 0.3) is 11.8 Å². The Morgan fingerprint density at radius 3 is 2.72 bits per heavy atom. The van der Waals surface area contributed by atoms with Crippen molar-refractivity contribution in [1.29, 1.82) is 0 Å². The number of imide groups is 1. The van der Waals surface area contributed by atoms with Crippen LogP contribution in [-0.4, -0.2) is 47.1 Å². The van der Waals surface area contributed by atoms with Crippen molar-refractivity contribution in [3.63, 3.8) is 0 Å². The quantitative estimate of drug-likeness (QED) is 0.412. The van der Waals surface area contributed by atoms with Gasteiger partial charge in [-0.2, -0.15) is 5.06 Å². The fourth-order valence-electron chi connectivity index (χ4n) is 1.60. The minimum atomic E-state index is -0.558. The number of ether oxygens (including phenoxy) is 1. The third kappa shape index (κ3) is 3.27. The van der Waals surface area contributed by atoms with Gasteiger partial charge in [0.15, 0.2) is 0 Å². The van der Waals surface area contributed by atoms with Gasteiger partial charge in [-0.25, -0.2) is 4.84 Å². The number of hydrogen-bond acceptors (Lipinski definition) is 5. The first kappa shape index (κ1) is 13.4. The Labute approximate surface area is 112 Å². The fourth-order valence-corrected chi connectivity index (χ4v) is 1.80. The normalized spacial score (nSPS) is 26.6. The van der Waals surface area contributed by atoms with Crippen LogP contribution in [0.15, 0.2) is 0 Å². The summed E-state index contributed by atoms with van der Waals surface area (Å²) in [4.78, 5) is 38.6. The molecule has 2 atom stereocenters. The molecule has 2 fully saturated rings. The number of alkyl halides is 1. The Morgan fingerprint density at radius 1 is 1.44 bits per heavy atom. The van der Waals surface area contributed by atoms with Crippen LogP contribution in [0.1, 0.15) is 19.3 Å². The van der Waals surface area contributed by atoms with Crippen LogP contribution in [0.3, 0.4) is 0 Å². The van der Waals surface area contributed by atoms with Crippen LogP contribution in [0.4, 0.5) is 0 Å². The number of amides is 3. The van der Waals surface area contributed by atoms with Crippen LogP contribution < -0.4 is 5.32 Å². The number of nitrogens with one attached hydrogen (secondary N) is 1. The molecular weight excluding hydrogens is 308 g/mol. The maximum Gasteiger partial charge on any atom is 0.254 e. The van der Waals surface area contributed by atoms with Gasteiger partial charge in [0.2, 0.25) is 12.2 Å². The average molecular weight is 321 g/mol. The zero-order valence-corrected chi connectivity index (χ0v) is 11.1. The second-order valence-corrected chi connectivity index (χ2v) is 4.56. The molecule has 3 amide bonds. The van der Waals surface area contributed by atoms with E-state index in [4.69, 9.17) is 9.57 Å². The van der Waals surface area contributed by atoms with Crippen molar-refractivity contribution < 1.29 is 24.0 Å². The van der Waals surface area contributed by atoms with Gasteiger partial charge in [-0.3, -0.25) is 14.4 Å². The first-order valence-corrected chi connectivity index (χ1v) is 6.74. The predicted molar refractivity (Wildman–Crippen MR) is 62.3 cm³/mol. The van der Waals surface area contributed by atoms with Gasteiger partial charge in [-0.15, -0.1) is 0 Å². The molecule has 2 aliphatic rings. The lowest BCUT2D eigenvalue weighted by atomic mass is 10.3. The Morgan fingerprint density at radius 2 is 2.11 bits per heavy atom. The van der Waals surface area contributed by atoms with Crippen molar-refractivity contribution in [1.82, 2.24) is 10.4 Å². The minimum absolute atomic E-state index is 0.0991. The molecule has 0 aromatic heterocycles. The smallest absolute Gasteiger partial charge is 0.254 e. The number of epoxide rings is 1. The molecule has 0 saturated carbocycles. The molecule has 2 unspecified atom stereocenters. The van der Waals surface area contributed by atoms with Crippen LogP contribution in [0.25, 0.3) is 0 Å². The average Bonchev–Trinajstić information content (AvgIpc) is 3.02. The molecule has 2 heterocycles. The second-order valence-electron chi connectivity index (χ2n) is 4.00. The standard InChI is InChI=1S/C10H13BrN2O5/c11-5-7(14)12-4-3-6-10(17-6)18-13-8(15)1-2-9(13)16/h6,10H,1-5H2,(H,12,14). The molecule has 2 saturated heterocycles. The van der Waals surface area contributed by atoms with E-state index in [9.17, 15) is 14.4 Å². The summed E-state index contributed by atoms with van der Waals surface area (Å²) in [5.41, 5.74) is 0. The van der Waals surface area contributed by atoms with Gasteiger partial charge in [-0.05, 0) is 6.42 Å². The van der Waals surface area contributed by atoms with Gasteiger partial charge in [0.05, 0.1) is 5.33 Å².